The van der Waals surface area contributed by atoms with Crippen LogP contribution in [0.4, 0.5) is 11.4 Å². The van der Waals surface area contributed by atoms with Crippen LogP contribution in [0.15, 0.2) is 18.2 Å². The van der Waals surface area contributed by atoms with Gasteiger partial charge in [0.1, 0.15) is 10.7 Å². The molecule has 1 aromatic rings. The third-order valence-corrected chi connectivity index (χ3v) is 2.73. The van der Waals surface area contributed by atoms with E-state index in [9.17, 15) is 10.1 Å². The molecule has 0 amide bonds. The van der Waals surface area contributed by atoms with E-state index in [1.807, 2.05) is 0 Å². The molecule has 0 spiro atoms. The lowest BCUT2D eigenvalue weighted by Crippen LogP contribution is -2.30. The zero-order valence-electron chi connectivity index (χ0n) is 10.0. The molecule has 0 fully saturated rings. The minimum absolute atomic E-state index is 0.0813. The van der Waals surface area contributed by atoms with Crippen molar-refractivity contribution in [3.8, 4) is 0 Å². The largest absolute Gasteiger partial charge is 0.395 e. The van der Waals surface area contributed by atoms with Crippen molar-refractivity contribution in [3.05, 3.63) is 33.3 Å². The number of hydrogen-bond donors (Lipinski definition) is 1. The predicted molar refractivity (Wildman–Crippen MR) is 69.3 cm³/mol. The van der Waals surface area contributed by atoms with Crippen molar-refractivity contribution in [2.45, 2.75) is 0 Å². The molecule has 0 aliphatic heterocycles. The Morgan fingerprint density at radius 2 is 2.22 bits per heavy atom. The topological polar surface area (TPSA) is 75.8 Å². The first-order valence-electron chi connectivity index (χ1n) is 5.39. The highest BCUT2D eigenvalue weighted by Crippen LogP contribution is 2.34. The lowest BCUT2D eigenvalue weighted by atomic mass is 10.2. The van der Waals surface area contributed by atoms with Crippen LogP contribution in [0.5, 0.6) is 0 Å². The molecule has 0 saturated carbocycles. The summed E-state index contributed by atoms with van der Waals surface area (Å²) in [5.74, 6) is 0. The molecule has 0 aromatic heterocycles. The number of aliphatic hydroxyl groups is 1. The van der Waals surface area contributed by atoms with E-state index in [1.165, 1.54) is 6.07 Å². The Bertz CT molecular complexity index is 414. The van der Waals surface area contributed by atoms with Gasteiger partial charge in [-0.25, -0.2) is 0 Å². The second kappa shape index (κ2) is 7.15. The summed E-state index contributed by atoms with van der Waals surface area (Å²) in [6.07, 6.45) is 0. The van der Waals surface area contributed by atoms with Gasteiger partial charge >= 0.3 is 5.69 Å². The smallest absolute Gasteiger partial charge is 0.310 e. The summed E-state index contributed by atoms with van der Waals surface area (Å²) >= 11 is 5.84. The molecule has 0 saturated heterocycles. The molecular formula is C11H15ClN2O4. The summed E-state index contributed by atoms with van der Waals surface area (Å²) in [4.78, 5) is 12.2. The Balaban J connectivity index is 3.10. The molecule has 0 unspecified atom stereocenters. The number of para-hydroxylation sites is 1. The first kappa shape index (κ1) is 14.7. The Hall–Kier alpha value is -1.37. The minimum atomic E-state index is -0.519. The van der Waals surface area contributed by atoms with Crippen molar-refractivity contribution in [2.24, 2.45) is 0 Å². The number of halogens is 1. The van der Waals surface area contributed by atoms with Crippen molar-refractivity contribution in [2.75, 3.05) is 38.3 Å². The molecule has 1 aromatic carbocycles. The van der Waals surface area contributed by atoms with Crippen LogP contribution in [0.3, 0.4) is 0 Å². The number of benzene rings is 1. The molecule has 100 valence electrons. The van der Waals surface area contributed by atoms with Crippen molar-refractivity contribution < 1.29 is 14.8 Å². The second-order valence-corrected chi connectivity index (χ2v) is 3.98. The number of methoxy groups -OCH3 is 1. The van der Waals surface area contributed by atoms with E-state index in [-0.39, 0.29) is 23.9 Å². The van der Waals surface area contributed by atoms with Crippen LogP contribution in [0.1, 0.15) is 0 Å². The number of hydrogen-bond acceptors (Lipinski definition) is 5. The van der Waals surface area contributed by atoms with Gasteiger partial charge in [-0.2, -0.15) is 0 Å². The van der Waals surface area contributed by atoms with Gasteiger partial charge in [0.05, 0.1) is 18.1 Å². The number of ether oxygens (including phenoxy) is 1. The van der Waals surface area contributed by atoms with Crippen LogP contribution in [0.25, 0.3) is 0 Å². The van der Waals surface area contributed by atoms with E-state index in [2.05, 4.69) is 0 Å². The van der Waals surface area contributed by atoms with Crippen LogP contribution in [-0.2, 0) is 4.74 Å². The maximum absolute atomic E-state index is 11.0. The average Bonchev–Trinajstić information content (AvgIpc) is 2.33. The first-order chi connectivity index (χ1) is 8.61. The van der Waals surface area contributed by atoms with Crippen LogP contribution in [0.2, 0.25) is 5.02 Å². The van der Waals surface area contributed by atoms with Gasteiger partial charge < -0.3 is 14.7 Å². The summed E-state index contributed by atoms with van der Waals surface area (Å²) in [5, 5.41) is 20.1. The van der Waals surface area contributed by atoms with Crippen LogP contribution in [0, 0.1) is 10.1 Å². The van der Waals surface area contributed by atoms with E-state index < -0.39 is 4.92 Å². The van der Waals surface area contributed by atoms with Crippen molar-refractivity contribution >= 4 is 23.0 Å². The van der Waals surface area contributed by atoms with Crippen LogP contribution < -0.4 is 4.90 Å². The SMILES string of the molecule is COCCN(CCO)c1cccc(Cl)c1[N+](=O)[O-]. The summed E-state index contributed by atoms with van der Waals surface area (Å²) in [5.41, 5.74) is 0.238. The number of rotatable bonds is 7. The molecule has 0 heterocycles. The van der Waals surface area contributed by atoms with Crippen molar-refractivity contribution in [3.63, 3.8) is 0 Å². The monoisotopic (exact) mass is 274 g/mol. The van der Waals surface area contributed by atoms with Gasteiger partial charge in [-0.15, -0.1) is 0 Å². The average molecular weight is 275 g/mol. The zero-order valence-corrected chi connectivity index (χ0v) is 10.8. The van der Waals surface area contributed by atoms with Gasteiger partial charge in [0, 0.05) is 20.2 Å². The summed E-state index contributed by atoms with van der Waals surface area (Å²) in [6.45, 7) is 1.03. The molecule has 18 heavy (non-hydrogen) atoms. The molecule has 1 N–H and O–H groups in total. The fourth-order valence-electron chi connectivity index (χ4n) is 1.61. The Morgan fingerprint density at radius 3 is 2.78 bits per heavy atom. The standard InChI is InChI=1S/C11H15ClN2O4/c1-18-8-6-13(5-7-15)10-4-2-3-9(12)11(10)14(16)17/h2-4,15H,5-8H2,1H3. The lowest BCUT2D eigenvalue weighted by molar-refractivity contribution is -0.384. The highest BCUT2D eigenvalue weighted by atomic mass is 35.5. The summed E-state index contributed by atoms with van der Waals surface area (Å²) in [6, 6.07) is 4.72. The minimum Gasteiger partial charge on any atom is -0.395 e. The zero-order chi connectivity index (χ0) is 13.5. The second-order valence-electron chi connectivity index (χ2n) is 3.57. The fourth-order valence-corrected chi connectivity index (χ4v) is 1.85. The number of nitro benzene ring substituents is 1. The van der Waals surface area contributed by atoms with Gasteiger partial charge in [0.2, 0.25) is 0 Å². The third kappa shape index (κ3) is 3.56. The molecular weight excluding hydrogens is 260 g/mol. The fraction of sp³-hybridized carbons (Fsp3) is 0.455. The van der Waals surface area contributed by atoms with Gasteiger partial charge in [-0.05, 0) is 12.1 Å². The third-order valence-electron chi connectivity index (χ3n) is 2.42. The number of nitro groups is 1. The van der Waals surface area contributed by atoms with Crippen molar-refractivity contribution in [1.29, 1.82) is 0 Å². The van der Waals surface area contributed by atoms with Crippen LogP contribution >= 0.6 is 11.6 Å². The molecule has 0 aliphatic rings. The number of nitrogens with zero attached hydrogens (tertiary/aromatic N) is 2. The summed E-state index contributed by atoms with van der Waals surface area (Å²) < 4.78 is 4.94. The Kier molecular flexibility index (Phi) is 5.84. The van der Waals surface area contributed by atoms with Crippen molar-refractivity contribution in [1.82, 2.24) is 0 Å². The van der Waals surface area contributed by atoms with E-state index in [0.717, 1.165) is 0 Å². The van der Waals surface area contributed by atoms with Gasteiger partial charge in [-0.1, -0.05) is 17.7 Å². The Morgan fingerprint density at radius 1 is 1.50 bits per heavy atom. The Labute approximate surface area is 110 Å². The molecule has 0 bridgehead atoms. The molecule has 6 nitrogen and oxygen atoms in total. The van der Waals surface area contributed by atoms with E-state index >= 15 is 0 Å². The molecule has 0 radical (unpaired) electrons. The van der Waals surface area contributed by atoms with E-state index in [0.29, 0.717) is 18.8 Å². The quantitative estimate of drug-likeness (QED) is 0.605. The normalized spacial score (nSPS) is 10.4. The van der Waals surface area contributed by atoms with Gasteiger partial charge in [0.25, 0.3) is 0 Å². The molecule has 1 rings (SSSR count). The molecule has 0 atom stereocenters. The number of aliphatic hydroxyl groups excluding tert-OH is 1. The van der Waals surface area contributed by atoms with Crippen LogP contribution in [-0.4, -0.2) is 43.4 Å². The predicted octanol–water partition coefficient (Wildman–Crippen LogP) is 1.69. The lowest BCUT2D eigenvalue weighted by Gasteiger charge is -2.23. The maximum Gasteiger partial charge on any atom is 0.310 e. The maximum atomic E-state index is 11.0. The molecule has 0 aliphatic carbocycles. The van der Waals surface area contributed by atoms with Gasteiger partial charge in [0.15, 0.2) is 0 Å². The van der Waals surface area contributed by atoms with Gasteiger partial charge in [-0.3, -0.25) is 10.1 Å². The highest BCUT2D eigenvalue weighted by Gasteiger charge is 2.22. The molecule has 7 heteroatoms. The summed E-state index contributed by atoms with van der Waals surface area (Å²) in [7, 11) is 1.55. The number of anilines is 1. The van der Waals surface area contributed by atoms with E-state index in [4.69, 9.17) is 21.4 Å². The highest BCUT2D eigenvalue weighted by molar-refractivity contribution is 6.33. The van der Waals surface area contributed by atoms with E-state index in [1.54, 1.807) is 24.1 Å². The first-order valence-corrected chi connectivity index (χ1v) is 5.77.